The number of hydrogen-bond acceptors (Lipinski definition) is 8. The smallest absolute Gasteiger partial charge is 0.326 e. The highest BCUT2D eigenvalue weighted by Gasteiger charge is 2.32. The molecule has 15 heteroatoms. The molecule has 0 aliphatic rings. The number of nitrogens with zero attached hydrogens (tertiary/aromatic N) is 1. The standard InChI is InChI=1S/C25H39N7O8/c1-13(2)20(23(38)31-18(24(39)40)12-14-5-7-15(33)8-6-14)32-22(37)17(4-3-11-29-25(27)28)30-21(36)16(26)9-10-19(34)35/h5-8,13,16-18,20,33H,3-4,9-12,26H2,1-2H3,(H,30,36)(H,31,38)(H,32,37)(H,34,35)(H,39,40)(H4,27,28,29). The van der Waals surface area contributed by atoms with Gasteiger partial charge >= 0.3 is 11.9 Å². The largest absolute Gasteiger partial charge is 0.508 e. The first-order chi connectivity index (χ1) is 18.7. The van der Waals surface area contributed by atoms with Crippen LogP contribution in [0.4, 0.5) is 0 Å². The molecule has 12 N–H and O–H groups in total. The minimum Gasteiger partial charge on any atom is -0.508 e. The monoisotopic (exact) mass is 565 g/mol. The molecule has 0 fully saturated rings. The van der Waals surface area contributed by atoms with Crippen molar-refractivity contribution >= 4 is 35.6 Å². The number of phenols is 1. The number of guanidine groups is 1. The molecule has 0 bridgehead atoms. The fraction of sp³-hybridized carbons (Fsp3) is 0.520. The highest BCUT2D eigenvalue weighted by molar-refractivity contribution is 5.94. The van der Waals surface area contributed by atoms with E-state index in [1.807, 2.05) is 0 Å². The lowest BCUT2D eigenvalue weighted by Crippen LogP contribution is -2.58. The van der Waals surface area contributed by atoms with Gasteiger partial charge in [0.25, 0.3) is 0 Å². The Balaban J connectivity index is 3.01. The maximum Gasteiger partial charge on any atom is 0.326 e. The van der Waals surface area contributed by atoms with E-state index < -0.39 is 59.7 Å². The maximum absolute atomic E-state index is 13.2. The van der Waals surface area contributed by atoms with Crippen LogP contribution in [0.3, 0.4) is 0 Å². The van der Waals surface area contributed by atoms with Crippen molar-refractivity contribution in [3.63, 3.8) is 0 Å². The number of hydrogen-bond donors (Lipinski definition) is 9. The zero-order valence-electron chi connectivity index (χ0n) is 22.5. The summed E-state index contributed by atoms with van der Waals surface area (Å²) in [7, 11) is 0. The molecule has 4 atom stereocenters. The molecule has 0 radical (unpaired) electrons. The molecule has 3 amide bonds. The van der Waals surface area contributed by atoms with Crippen LogP contribution >= 0.6 is 0 Å². The van der Waals surface area contributed by atoms with Gasteiger partial charge in [-0.3, -0.25) is 24.2 Å². The second-order valence-corrected chi connectivity index (χ2v) is 9.55. The lowest BCUT2D eigenvalue weighted by molar-refractivity contribution is -0.142. The Kier molecular flexibility index (Phi) is 13.9. The van der Waals surface area contributed by atoms with Crippen LogP contribution in [-0.4, -0.2) is 81.7 Å². The molecule has 40 heavy (non-hydrogen) atoms. The van der Waals surface area contributed by atoms with Crippen molar-refractivity contribution in [2.75, 3.05) is 6.54 Å². The van der Waals surface area contributed by atoms with E-state index in [0.717, 1.165) is 0 Å². The first-order valence-corrected chi connectivity index (χ1v) is 12.7. The Morgan fingerprint density at radius 1 is 0.875 bits per heavy atom. The summed E-state index contributed by atoms with van der Waals surface area (Å²) < 4.78 is 0. The van der Waals surface area contributed by atoms with Crippen LogP contribution in [0.5, 0.6) is 5.75 Å². The summed E-state index contributed by atoms with van der Waals surface area (Å²) in [6.07, 6.45) is -0.242. The number of benzene rings is 1. The first kappa shape index (κ1) is 33.6. The normalized spacial score (nSPS) is 13.8. The first-order valence-electron chi connectivity index (χ1n) is 12.7. The van der Waals surface area contributed by atoms with Gasteiger partial charge in [-0.25, -0.2) is 4.79 Å². The van der Waals surface area contributed by atoms with Crippen LogP contribution in [0.2, 0.25) is 0 Å². The van der Waals surface area contributed by atoms with Gasteiger partial charge in [-0.2, -0.15) is 0 Å². The number of carbonyl (C=O) groups is 5. The Bertz CT molecular complexity index is 1060. The highest BCUT2D eigenvalue weighted by Crippen LogP contribution is 2.12. The molecule has 0 aliphatic heterocycles. The lowest BCUT2D eigenvalue weighted by Gasteiger charge is -2.27. The van der Waals surface area contributed by atoms with Gasteiger partial charge in [-0.15, -0.1) is 0 Å². The van der Waals surface area contributed by atoms with Crippen molar-refractivity contribution in [3.05, 3.63) is 29.8 Å². The average Bonchev–Trinajstić information content (AvgIpc) is 2.87. The van der Waals surface area contributed by atoms with Crippen molar-refractivity contribution < 1.29 is 39.3 Å². The van der Waals surface area contributed by atoms with Crippen molar-refractivity contribution in [3.8, 4) is 5.75 Å². The summed E-state index contributed by atoms with van der Waals surface area (Å²) in [5.41, 5.74) is 16.9. The molecule has 0 saturated heterocycles. The van der Waals surface area contributed by atoms with Gasteiger partial charge in [0.1, 0.15) is 23.9 Å². The quantitative estimate of drug-likeness (QED) is 0.0587. The van der Waals surface area contributed by atoms with E-state index in [2.05, 4.69) is 20.9 Å². The molecular weight excluding hydrogens is 526 g/mol. The minimum atomic E-state index is -1.32. The number of rotatable bonds is 17. The average molecular weight is 566 g/mol. The summed E-state index contributed by atoms with van der Waals surface area (Å²) in [5, 5.41) is 35.4. The summed E-state index contributed by atoms with van der Waals surface area (Å²) in [5.74, 6) is -5.29. The topological polar surface area (TPSA) is 273 Å². The molecule has 15 nitrogen and oxygen atoms in total. The fourth-order valence-corrected chi connectivity index (χ4v) is 3.58. The third-order valence-electron chi connectivity index (χ3n) is 5.82. The zero-order valence-corrected chi connectivity index (χ0v) is 22.5. The van der Waals surface area contributed by atoms with Crippen molar-refractivity contribution in [1.82, 2.24) is 16.0 Å². The highest BCUT2D eigenvalue weighted by atomic mass is 16.4. The number of phenolic OH excluding ortho intramolecular Hbond substituents is 1. The SMILES string of the molecule is CC(C)C(NC(=O)C(CCCN=C(N)N)NC(=O)C(N)CCC(=O)O)C(=O)NC(Cc1ccc(O)cc1)C(=O)O. The van der Waals surface area contributed by atoms with Crippen LogP contribution in [0.15, 0.2) is 29.3 Å². The van der Waals surface area contributed by atoms with Crippen LogP contribution in [0.25, 0.3) is 0 Å². The van der Waals surface area contributed by atoms with Gasteiger partial charge < -0.3 is 48.5 Å². The van der Waals surface area contributed by atoms with Crippen LogP contribution < -0.4 is 33.2 Å². The van der Waals surface area contributed by atoms with E-state index in [9.17, 15) is 34.2 Å². The number of aromatic hydroxyl groups is 1. The molecule has 0 spiro atoms. The Morgan fingerprint density at radius 3 is 2.00 bits per heavy atom. The molecule has 222 valence electrons. The number of carboxylic acids is 2. The number of nitrogens with one attached hydrogen (secondary N) is 3. The minimum absolute atomic E-state index is 0.00466. The molecule has 0 heterocycles. The number of nitrogens with two attached hydrogens (primary N) is 3. The molecule has 4 unspecified atom stereocenters. The number of carboxylic acid groups (broad SMARTS) is 2. The zero-order chi connectivity index (χ0) is 30.4. The number of aliphatic carboxylic acids is 2. The van der Waals surface area contributed by atoms with E-state index >= 15 is 0 Å². The second-order valence-electron chi connectivity index (χ2n) is 9.55. The molecule has 1 rings (SSSR count). The van der Waals surface area contributed by atoms with E-state index in [1.54, 1.807) is 13.8 Å². The van der Waals surface area contributed by atoms with E-state index in [-0.39, 0.29) is 50.4 Å². The van der Waals surface area contributed by atoms with E-state index in [0.29, 0.717) is 5.56 Å². The predicted octanol–water partition coefficient (Wildman–Crippen LogP) is -1.62. The summed E-state index contributed by atoms with van der Waals surface area (Å²) >= 11 is 0. The molecule has 0 aliphatic carbocycles. The van der Waals surface area contributed by atoms with Crippen LogP contribution in [0.1, 0.15) is 45.1 Å². The third kappa shape index (κ3) is 12.4. The van der Waals surface area contributed by atoms with Gasteiger partial charge in [0.05, 0.1) is 6.04 Å². The van der Waals surface area contributed by atoms with Gasteiger partial charge in [0.15, 0.2) is 5.96 Å². The molecule has 0 saturated carbocycles. The number of aliphatic imine (C=N–C) groups is 1. The Morgan fingerprint density at radius 2 is 1.48 bits per heavy atom. The summed E-state index contributed by atoms with van der Waals surface area (Å²) in [4.78, 5) is 65.3. The maximum atomic E-state index is 13.2. The molecular formula is C25H39N7O8. The van der Waals surface area contributed by atoms with E-state index in [1.165, 1.54) is 24.3 Å². The summed E-state index contributed by atoms with van der Waals surface area (Å²) in [6, 6.07) is 0.990. The Hall–Kier alpha value is -4.40. The second kappa shape index (κ2) is 16.5. The van der Waals surface area contributed by atoms with Gasteiger partial charge in [-0.1, -0.05) is 26.0 Å². The fourth-order valence-electron chi connectivity index (χ4n) is 3.58. The van der Waals surface area contributed by atoms with Crippen LogP contribution in [-0.2, 0) is 30.4 Å². The van der Waals surface area contributed by atoms with E-state index in [4.69, 9.17) is 22.3 Å². The molecule has 1 aromatic rings. The van der Waals surface area contributed by atoms with Crippen LogP contribution in [0, 0.1) is 5.92 Å². The number of carbonyl (C=O) groups excluding carboxylic acids is 3. The van der Waals surface area contributed by atoms with Crippen molar-refractivity contribution in [2.24, 2.45) is 28.1 Å². The molecule has 0 aromatic heterocycles. The third-order valence-corrected chi connectivity index (χ3v) is 5.82. The summed E-state index contributed by atoms with van der Waals surface area (Å²) in [6.45, 7) is 3.45. The van der Waals surface area contributed by atoms with Gasteiger partial charge in [-0.05, 0) is 42.9 Å². The Labute approximate surface area is 231 Å². The number of amides is 3. The van der Waals surface area contributed by atoms with Gasteiger partial charge in [0, 0.05) is 19.4 Å². The van der Waals surface area contributed by atoms with Gasteiger partial charge in [0.2, 0.25) is 17.7 Å². The predicted molar refractivity (Wildman–Crippen MR) is 145 cm³/mol. The van der Waals surface area contributed by atoms with Crippen molar-refractivity contribution in [2.45, 2.75) is 70.1 Å². The van der Waals surface area contributed by atoms with Crippen molar-refractivity contribution in [1.29, 1.82) is 0 Å². The lowest BCUT2D eigenvalue weighted by atomic mass is 10.00. The molecule has 1 aromatic carbocycles.